The first-order valence-electron chi connectivity index (χ1n) is 11.6. The van der Waals surface area contributed by atoms with Gasteiger partial charge in [0.25, 0.3) is 0 Å². The molecule has 7 heteroatoms. The molecular weight excluding hydrogens is 429 g/mol. The number of hydrogen-bond donors (Lipinski definition) is 1. The summed E-state index contributed by atoms with van der Waals surface area (Å²) in [6.07, 6.45) is -1.58. The largest absolute Gasteiger partial charge is 0.491 e. The number of anilines is 1. The molecule has 0 bridgehead atoms. The van der Waals surface area contributed by atoms with Crippen LogP contribution in [0.3, 0.4) is 0 Å². The van der Waals surface area contributed by atoms with Gasteiger partial charge in [0, 0.05) is 38.9 Å². The van der Waals surface area contributed by atoms with E-state index in [2.05, 4.69) is 9.80 Å². The Kier molecular flexibility index (Phi) is 8.29. The Morgan fingerprint density at radius 3 is 2.36 bits per heavy atom. The second kappa shape index (κ2) is 10.8. The van der Waals surface area contributed by atoms with Crippen LogP contribution in [0.15, 0.2) is 48.5 Å². The Balaban J connectivity index is 1.43. The third-order valence-corrected chi connectivity index (χ3v) is 6.32. The van der Waals surface area contributed by atoms with E-state index in [1.54, 1.807) is 6.07 Å². The Morgan fingerprint density at radius 2 is 1.76 bits per heavy atom. The van der Waals surface area contributed by atoms with Crippen LogP contribution >= 0.6 is 0 Å². The molecule has 0 spiro atoms. The standard InChI is InChI=1S/C26H35F3N2O2/c1-20(2)33-24-9-7-23(8-10-24)30(3)16-12-25(32)13-17-31(18-14-25)15-11-21-5-4-6-22(19-21)26(27,28)29/h4-10,19-20,32H,11-18H2,1-3H3. The van der Waals surface area contributed by atoms with Crippen molar-refractivity contribution in [2.75, 3.05) is 38.1 Å². The molecule has 3 rings (SSSR count). The van der Waals surface area contributed by atoms with Crippen molar-refractivity contribution in [3.05, 3.63) is 59.7 Å². The number of hydrogen-bond acceptors (Lipinski definition) is 4. The first-order chi connectivity index (χ1) is 15.5. The van der Waals surface area contributed by atoms with Crippen LogP contribution in [0.1, 0.15) is 44.2 Å². The van der Waals surface area contributed by atoms with Crippen LogP contribution in [0.4, 0.5) is 18.9 Å². The van der Waals surface area contributed by atoms with E-state index in [0.717, 1.165) is 37.1 Å². The van der Waals surface area contributed by atoms with Gasteiger partial charge in [0.15, 0.2) is 0 Å². The molecule has 1 N–H and O–H groups in total. The molecule has 33 heavy (non-hydrogen) atoms. The number of likely N-dealkylation sites (tertiary alicyclic amines) is 1. The van der Waals surface area contributed by atoms with Gasteiger partial charge < -0.3 is 19.6 Å². The molecular formula is C26H35F3N2O2. The number of alkyl halides is 3. The molecule has 4 nitrogen and oxygen atoms in total. The quantitative estimate of drug-likeness (QED) is 0.540. The number of aliphatic hydroxyl groups is 1. The van der Waals surface area contributed by atoms with Crippen molar-refractivity contribution in [2.24, 2.45) is 0 Å². The van der Waals surface area contributed by atoms with Crippen LogP contribution in [-0.2, 0) is 12.6 Å². The van der Waals surface area contributed by atoms with Crippen LogP contribution in [0.5, 0.6) is 5.75 Å². The molecule has 1 aliphatic heterocycles. The Hall–Kier alpha value is -2.25. The SMILES string of the molecule is CC(C)Oc1ccc(N(C)CCC2(O)CCN(CCc3cccc(C(F)(F)F)c3)CC2)cc1. The van der Waals surface area contributed by atoms with Crippen LogP contribution in [-0.4, -0.2) is 54.9 Å². The summed E-state index contributed by atoms with van der Waals surface area (Å²) >= 11 is 0. The van der Waals surface area contributed by atoms with Crippen molar-refractivity contribution in [1.29, 1.82) is 0 Å². The highest BCUT2D eigenvalue weighted by Crippen LogP contribution is 2.30. The highest BCUT2D eigenvalue weighted by atomic mass is 19.4. The Bertz CT molecular complexity index is 876. The highest BCUT2D eigenvalue weighted by molar-refractivity contribution is 5.48. The zero-order valence-electron chi connectivity index (χ0n) is 19.7. The predicted octanol–water partition coefficient (Wildman–Crippen LogP) is 5.39. The van der Waals surface area contributed by atoms with Crippen molar-refractivity contribution >= 4 is 5.69 Å². The zero-order chi connectivity index (χ0) is 24.1. The lowest BCUT2D eigenvalue weighted by molar-refractivity contribution is -0.137. The zero-order valence-corrected chi connectivity index (χ0v) is 19.7. The van der Waals surface area contributed by atoms with Crippen molar-refractivity contribution in [1.82, 2.24) is 4.90 Å². The molecule has 0 unspecified atom stereocenters. The highest BCUT2D eigenvalue weighted by Gasteiger charge is 2.32. The maximum atomic E-state index is 12.9. The van der Waals surface area contributed by atoms with Crippen molar-refractivity contribution in [3.8, 4) is 5.75 Å². The van der Waals surface area contributed by atoms with Gasteiger partial charge in [-0.15, -0.1) is 0 Å². The summed E-state index contributed by atoms with van der Waals surface area (Å²) in [7, 11) is 2.02. The summed E-state index contributed by atoms with van der Waals surface area (Å²) in [5.41, 5.74) is 0.464. The van der Waals surface area contributed by atoms with Crippen LogP contribution < -0.4 is 9.64 Å². The lowest BCUT2D eigenvalue weighted by Crippen LogP contribution is -2.46. The monoisotopic (exact) mass is 464 g/mol. The molecule has 0 saturated carbocycles. The number of halogens is 3. The van der Waals surface area contributed by atoms with E-state index in [0.29, 0.717) is 37.8 Å². The molecule has 2 aromatic rings. The van der Waals surface area contributed by atoms with Gasteiger partial charge in [-0.3, -0.25) is 0 Å². The lowest BCUT2D eigenvalue weighted by atomic mass is 9.88. The van der Waals surface area contributed by atoms with Gasteiger partial charge in [-0.25, -0.2) is 0 Å². The van der Waals surface area contributed by atoms with Gasteiger partial charge in [0.2, 0.25) is 0 Å². The second-order valence-corrected chi connectivity index (χ2v) is 9.35. The first kappa shape index (κ1) is 25.4. The van der Waals surface area contributed by atoms with E-state index in [1.165, 1.54) is 12.1 Å². The van der Waals surface area contributed by atoms with Crippen molar-refractivity contribution < 1.29 is 23.0 Å². The van der Waals surface area contributed by atoms with E-state index >= 15 is 0 Å². The lowest BCUT2D eigenvalue weighted by Gasteiger charge is -2.39. The maximum Gasteiger partial charge on any atom is 0.416 e. The fourth-order valence-electron chi connectivity index (χ4n) is 4.19. The molecule has 2 aromatic carbocycles. The second-order valence-electron chi connectivity index (χ2n) is 9.35. The molecule has 182 valence electrons. The number of rotatable bonds is 9. The summed E-state index contributed by atoms with van der Waals surface area (Å²) in [5, 5.41) is 11.0. The molecule has 0 atom stereocenters. The van der Waals surface area contributed by atoms with E-state index in [1.807, 2.05) is 45.2 Å². The van der Waals surface area contributed by atoms with E-state index in [-0.39, 0.29) is 6.10 Å². The summed E-state index contributed by atoms with van der Waals surface area (Å²) in [6, 6.07) is 13.5. The molecule has 1 fully saturated rings. The average Bonchev–Trinajstić information content (AvgIpc) is 2.77. The van der Waals surface area contributed by atoms with Crippen molar-refractivity contribution in [3.63, 3.8) is 0 Å². The van der Waals surface area contributed by atoms with E-state index < -0.39 is 17.3 Å². The number of piperidine rings is 1. The molecule has 1 saturated heterocycles. The van der Waals surface area contributed by atoms with E-state index in [9.17, 15) is 18.3 Å². The molecule has 0 radical (unpaired) electrons. The third-order valence-electron chi connectivity index (χ3n) is 6.32. The fourth-order valence-corrected chi connectivity index (χ4v) is 4.19. The fraction of sp³-hybridized carbons (Fsp3) is 0.538. The number of ether oxygens (including phenoxy) is 1. The molecule has 1 aliphatic rings. The molecule has 0 amide bonds. The van der Waals surface area contributed by atoms with Crippen molar-refractivity contribution in [2.45, 2.75) is 57.4 Å². The predicted molar refractivity (Wildman–Crippen MR) is 126 cm³/mol. The smallest absolute Gasteiger partial charge is 0.416 e. The van der Waals surface area contributed by atoms with Gasteiger partial charge in [0.1, 0.15) is 5.75 Å². The van der Waals surface area contributed by atoms with Gasteiger partial charge >= 0.3 is 6.18 Å². The van der Waals surface area contributed by atoms with E-state index in [4.69, 9.17) is 4.74 Å². The molecule has 1 heterocycles. The average molecular weight is 465 g/mol. The number of benzene rings is 2. The Labute approximate surface area is 195 Å². The van der Waals surface area contributed by atoms with Gasteiger partial charge in [0.05, 0.1) is 17.3 Å². The summed E-state index contributed by atoms with van der Waals surface area (Å²) < 4.78 is 44.4. The third kappa shape index (κ3) is 7.64. The Morgan fingerprint density at radius 1 is 1.09 bits per heavy atom. The van der Waals surface area contributed by atoms with Gasteiger partial charge in [-0.05, 0) is 75.4 Å². The minimum Gasteiger partial charge on any atom is -0.491 e. The summed E-state index contributed by atoms with van der Waals surface area (Å²) in [4.78, 5) is 4.36. The van der Waals surface area contributed by atoms with Crippen LogP contribution in [0, 0.1) is 0 Å². The minimum absolute atomic E-state index is 0.138. The van der Waals surface area contributed by atoms with Gasteiger partial charge in [-0.2, -0.15) is 13.2 Å². The summed E-state index contributed by atoms with van der Waals surface area (Å²) in [5.74, 6) is 0.846. The van der Waals surface area contributed by atoms with Crippen LogP contribution in [0.25, 0.3) is 0 Å². The molecule has 0 aliphatic carbocycles. The van der Waals surface area contributed by atoms with Gasteiger partial charge in [-0.1, -0.05) is 18.2 Å². The maximum absolute atomic E-state index is 12.9. The minimum atomic E-state index is -4.31. The normalized spacial score (nSPS) is 16.7. The van der Waals surface area contributed by atoms with Crippen LogP contribution in [0.2, 0.25) is 0 Å². The summed E-state index contributed by atoms with van der Waals surface area (Å²) in [6.45, 7) is 6.93. The topological polar surface area (TPSA) is 35.9 Å². The first-order valence-corrected chi connectivity index (χ1v) is 11.6. The number of nitrogens with zero attached hydrogens (tertiary/aromatic N) is 2. The molecule has 0 aromatic heterocycles.